The second kappa shape index (κ2) is 7.46. The fourth-order valence-corrected chi connectivity index (χ4v) is 3.79. The van der Waals surface area contributed by atoms with E-state index in [0.717, 1.165) is 10.1 Å². The quantitative estimate of drug-likeness (QED) is 0.512. The predicted molar refractivity (Wildman–Crippen MR) is 115 cm³/mol. The van der Waals surface area contributed by atoms with Gasteiger partial charge < -0.3 is 9.84 Å². The van der Waals surface area contributed by atoms with Crippen LogP contribution in [0.25, 0.3) is 16.9 Å². The molecule has 0 amide bonds. The van der Waals surface area contributed by atoms with Gasteiger partial charge in [-0.1, -0.05) is 12.1 Å². The maximum absolute atomic E-state index is 13.1. The van der Waals surface area contributed by atoms with Crippen LogP contribution in [-0.2, 0) is 19.6 Å². The van der Waals surface area contributed by atoms with Crippen molar-refractivity contribution in [3.63, 3.8) is 0 Å². The van der Waals surface area contributed by atoms with E-state index in [1.54, 1.807) is 33.1 Å². The summed E-state index contributed by atoms with van der Waals surface area (Å²) in [6.07, 6.45) is 0. The minimum atomic E-state index is -0.566. The highest BCUT2D eigenvalue weighted by molar-refractivity contribution is 5.76. The number of rotatable bonds is 5. The Balaban J connectivity index is 2.13. The van der Waals surface area contributed by atoms with Crippen LogP contribution in [-0.4, -0.2) is 35.3 Å². The van der Waals surface area contributed by atoms with Gasteiger partial charge in [-0.15, -0.1) is 0 Å². The van der Waals surface area contributed by atoms with Crippen LogP contribution in [0.1, 0.15) is 25.0 Å². The molecule has 0 unspecified atom stereocenters. The monoisotopic (exact) mass is 425 g/mol. The molecule has 162 valence electrons. The lowest BCUT2D eigenvalue weighted by atomic mass is 10.2. The summed E-state index contributed by atoms with van der Waals surface area (Å²) in [6, 6.07) is 7.19. The molecular formula is C21H23N5O5. The van der Waals surface area contributed by atoms with Crippen LogP contribution in [0.2, 0.25) is 0 Å². The summed E-state index contributed by atoms with van der Waals surface area (Å²) >= 11 is 0. The van der Waals surface area contributed by atoms with Gasteiger partial charge in [-0.2, -0.15) is 4.98 Å². The molecule has 3 aromatic heterocycles. The molecule has 10 nitrogen and oxygen atoms in total. The average Bonchev–Trinajstić information content (AvgIpc) is 3.17. The molecular weight excluding hydrogens is 402 g/mol. The summed E-state index contributed by atoms with van der Waals surface area (Å²) in [4.78, 5) is 43.3. The standard InChI is InChI=1S/C21H23N5O5/c1-5-23-16-15(19(29)24(6-2)21(23)30)26-18(28)12(3)17(27)25(20(26)22-16)11-13-7-9-14(31-4)10-8-13/h7-10,28H,5-6,11H2,1-4H3. The van der Waals surface area contributed by atoms with Crippen molar-refractivity contribution in [1.82, 2.24) is 23.1 Å². The molecule has 3 heterocycles. The second-order valence-electron chi connectivity index (χ2n) is 7.18. The highest BCUT2D eigenvalue weighted by atomic mass is 16.5. The zero-order valence-electron chi connectivity index (χ0n) is 17.7. The Morgan fingerprint density at radius 3 is 2.19 bits per heavy atom. The second-order valence-corrected chi connectivity index (χ2v) is 7.18. The topological polar surface area (TPSA) is 113 Å². The SMILES string of the molecule is CCn1c(=O)c2c(nc3n(Cc4ccc(OC)cc4)c(=O)c(C)c(O)n23)n(CC)c1=O. The molecule has 0 atom stereocenters. The van der Waals surface area contributed by atoms with E-state index in [0.29, 0.717) is 5.75 Å². The van der Waals surface area contributed by atoms with Crippen LogP contribution in [0.5, 0.6) is 11.6 Å². The van der Waals surface area contributed by atoms with Crippen molar-refractivity contribution in [1.29, 1.82) is 0 Å². The van der Waals surface area contributed by atoms with Gasteiger partial charge in [0.2, 0.25) is 11.7 Å². The number of nitrogens with zero attached hydrogens (tertiary/aromatic N) is 5. The number of fused-ring (bicyclic) bond motifs is 3. The minimum Gasteiger partial charge on any atom is -0.497 e. The van der Waals surface area contributed by atoms with Gasteiger partial charge in [0, 0.05) is 13.1 Å². The summed E-state index contributed by atoms with van der Waals surface area (Å²) < 4.78 is 10.3. The minimum absolute atomic E-state index is 0.0578. The predicted octanol–water partition coefficient (Wildman–Crippen LogP) is 1.08. The largest absolute Gasteiger partial charge is 0.497 e. The number of aromatic hydroxyl groups is 1. The Bertz CT molecular complexity index is 1490. The first-order chi connectivity index (χ1) is 14.8. The molecule has 4 rings (SSSR count). The maximum atomic E-state index is 13.1. The molecule has 0 aliphatic rings. The third-order valence-corrected chi connectivity index (χ3v) is 5.49. The van der Waals surface area contributed by atoms with Gasteiger partial charge in [0.15, 0.2) is 11.2 Å². The van der Waals surface area contributed by atoms with E-state index in [1.807, 2.05) is 12.1 Å². The Morgan fingerprint density at radius 2 is 1.61 bits per heavy atom. The first-order valence-corrected chi connectivity index (χ1v) is 9.95. The molecule has 0 spiro atoms. The Hall–Kier alpha value is -3.82. The number of ether oxygens (including phenoxy) is 1. The molecule has 0 radical (unpaired) electrons. The van der Waals surface area contributed by atoms with E-state index in [2.05, 4.69) is 4.98 Å². The normalized spacial score (nSPS) is 11.5. The fraction of sp³-hybridized carbons (Fsp3) is 0.333. The number of aryl methyl sites for hydroxylation is 1. The van der Waals surface area contributed by atoms with Gasteiger partial charge in [-0.3, -0.25) is 23.3 Å². The maximum Gasteiger partial charge on any atom is 0.332 e. The van der Waals surface area contributed by atoms with Crippen LogP contribution in [0.15, 0.2) is 38.6 Å². The van der Waals surface area contributed by atoms with Crippen molar-refractivity contribution >= 4 is 16.9 Å². The van der Waals surface area contributed by atoms with Gasteiger partial charge in [0.05, 0.1) is 19.2 Å². The van der Waals surface area contributed by atoms with Gasteiger partial charge in [-0.05, 0) is 38.5 Å². The summed E-state index contributed by atoms with van der Waals surface area (Å²) in [6.45, 7) is 5.57. The van der Waals surface area contributed by atoms with Crippen LogP contribution in [0.4, 0.5) is 0 Å². The molecule has 31 heavy (non-hydrogen) atoms. The smallest absolute Gasteiger partial charge is 0.332 e. The van der Waals surface area contributed by atoms with E-state index in [-0.39, 0.29) is 48.0 Å². The summed E-state index contributed by atoms with van der Waals surface area (Å²) in [5.74, 6) is 0.405. The van der Waals surface area contributed by atoms with Crippen molar-refractivity contribution in [2.75, 3.05) is 7.11 Å². The molecule has 1 N–H and O–H groups in total. The Kier molecular flexibility index (Phi) is 4.92. The van der Waals surface area contributed by atoms with Gasteiger partial charge >= 0.3 is 5.69 Å². The van der Waals surface area contributed by atoms with E-state index in [9.17, 15) is 19.5 Å². The number of methoxy groups -OCH3 is 1. The van der Waals surface area contributed by atoms with E-state index in [4.69, 9.17) is 4.74 Å². The number of hydrogen-bond acceptors (Lipinski definition) is 6. The molecule has 0 bridgehead atoms. The number of hydrogen-bond donors (Lipinski definition) is 1. The fourth-order valence-electron chi connectivity index (χ4n) is 3.79. The number of aromatic nitrogens is 5. The molecule has 1 aromatic carbocycles. The van der Waals surface area contributed by atoms with Crippen molar-refractivity contribution in [2.24, 2.45) is 0 Å². The molecule has 0 fully saturated rings. The average molecular weight is 425 g/mol. The summed E-state index contributed by atoms with van der Waals surface area (Å²) in [7, 11) is 1.57. The Labute approximate surface area is 176 Å². The first-order valence-electron chi connectivity index (χ1n) is 9.95. The third-order valence-electron chi connectivity index (χ3n) is 5.49. The van der Waals surface area contributed by atoms with Crippen molar-refractivity contribution in [2.45, 2.75) is 40.4 Å². The lowest BCUT2D eigenvalue weighted by Crippen LogP contribution is -2.39. The van der Waals surface area contributed by atoms with E-state index in [1.165, 1.54) is 20.5 Å². The Morgan fingerprint density at radius 1 is 0.968 bits per heavy atom. The highest BCUT2D eigenvalue weighted by Crippen LogP contribution is 2.22. The van der Waals surface area contributed by atoms with Gasteiger partial charge in [0.1, 0.15) is 5.75 Å². The van der Waals surface area contributed by atoms with Crippen molar-refractivity contribution in [3.05, 3.63) is 66.6 Å². The number of imidazole rings is 1. The highest BCUT2D eigenvalue weighted by Gasteiger charge is 2.23. The lowest BCUT2D eigenvalue weighted by molar-refractivity contribution is 0.414. The zero-order chi connectivity index (χ0) is 22.4. The molecule has 0 aliphatic heterocycles. The van der Waals surface area contributed by atoms with Gasteiger partial charge in [-0.25, -0.2) is 9.20 Å². The molecule has 10 heteroatoms. The van der Waals surface area contributed by atoms with Crippen LogP contribution in [0, 0.1) is 6.92 Å². The van der Waals surface area contributed by atoms with Crippen LogP contribution in [0.3, 0.4) is 0 Å². The number of benzene rings is 1. The molecule has 0 saturated carbocycles. The van der Waals surface area contributed by atoms with E-state index < -0.39 is 16.8 Å². The molecule has 0 aliphatic carbocycles. The zero-order valence-corrected chi connectivity index (χ0v) is 17.7. The van der Waals surface area contributed by atoms with Crippen molar-refractivity contribution in [3.8, 4) is 11.6 Å². The van der Waals surface area contributed by atoms with E-state index >= 15 is 0 Å². The van der Waals surface area contributed by atoms with Gasteiger partial charge in [0.25, 0.3) is 11.1 Å². The van der Waals surface area contributed by atoms with Crippen LogP contribution < -0.4 is 21.5 Å². The lowest BCUT2D eigenvalue weighted by Gasteiger charge is -2.12. The summed E-state index contributed by atoms with van der Waals surface area (Å²) in [5, 5.41) is 10.8. The third kappa shape index (κ3) is 2.94. The van der Waals surface area contributed by atoms with Crippen molar-refractivity contribution < 1.29 is 9.84 Å². The summed E-state index contributed by atoms with van der Waals surface area (Å²) in [5.41, 5.74) is -0.404. The molecule has 0 saturated heterocycles. The molecule has 4 aromatic rings. The first kappa shape index (κ1) is 20.5. The van der Waals surface area contributed by atoms with Crippen LogP contribution >= 0.6 is 0 Å².